The molecular formula is C13H22O2S. The Bertz CT molecular complexity index is 282. The molecule has 2 fully saturated rings. The van der Waals surface area contributed by atoms with Gasteiger partial charge in [0.05, 0.1) is 0 Å². The summed E-state index contributed by atoms with van der Waals surface area (Å²) in [5.41, 5.74) is 0. The molecule has 2 aliphatic rings. The predicted molar refractivity (Wildman–Crippen MR) is 66.8 cm³/mol. The molecule has 0 spiro atoms. The van der Waals surface area contributed by atoms with Gasteiger partial charge in [-0.15, -0.1) is 0 Å². The van der Waals surface area contributed by atoms with Crippen LogP contribution in [0.15, 0.2) is 0 Å². The van der Waals surface area contributed by atoms with Gasteiger partial charge in [-0.3, -0.25) is 9.00 Å². The number of carbonyl (C=O) groups is 1. The highest BCUT2D eigenvalue weighted by atomic mass is 32.2. The predicted octanol–water partition coefficient (Wildman–Crippen LogP) is 2.68. The van der Waals surface area contributed by atoms with E-state index >= 15 is 0 Å². The molecule has 2 saturated heterocycles. The fraction of sp³-hybridized carbons (Fsp3) is 0.923. The van der Waals surface area contributed by atoms with E-state index in [1.807, 2.05) is 0 Å². The van der Waals surface area contributed by atoms with Crippen molar-refractivity contribution in [1.29, 1.82) is 0 Å². The summed E-state index contributed by atoms with van der Waals surface area (Å²) in [4.78, 5) is 12.0. The summed E-state index contributed by atoms with van der Waals surface area (Å²) >= 11 is 0. The molecule has 3 heteroatoms. The van der Waals surface area contributed by atoms with Crippen molar-refractivity contribution in [3.8, 4) is 0 Å². The summed E-state index contributed by atoms with van der Waals surface area (Å²) < 4.78 is 12.0. The second-order valence-corrected chi connectivity index (χ2v) is 7.73. The number of rotatable bonds is 3. The molecule has 2 bridgehead atoms. The first kappa shape index (κ1) is 12.3. The van der Waals surface area contributed by atoms with Gasteiger partial charge in [-0.05, 0) is 31.6 Å². The molecule has 0 saturated carbocycles. The van der Waals surface area contributed by atoms with Crippen LogP contribution >= 0.6 is 0 Å². The fourth-order valence-corrected chi connectivity index (χ4v) is 5.25. The van der Waals surface area contributed by atoms with Crippen LogP contribution < -0.4 is 0 Å². The van der Waals surface area contributed by atoms with E-state index in [4.69, 9.17) is 0 Å². The molecule has 0 radical (unpaired) electrons. The van der Waals surface area contributed by atoms with Crippen LogP contribution in [0.5, 0.6) is 0 Å². The van der Waals surface area contributed by atoms with Crippen molar-refractivity contribution in [2.75, 3.05) is 0 Å². The first-order chi connectivity index (χ1) is 7.58. The maximum absolute atomic E-state index is 12.0. The number of hydrogen-bond acceptors (Lipinski definition) is 2. The van der Waals surface area contributed by atoms with Gasteiger partial charge in [0.1, 0.15) is 5.78 Å². The van der Waals surface area contributed by atoms with Gasteiger partial charge < -0.3 is 0 Å². The number of Topliss-reactive ketones (excluding diaryl/α,β-unsaturated/α-hetero) is 1. The van der Waals surface area contributed by atoms with Crippen molar-refractivity contribution in [3.05, 3.63) is 0 Å². The molecule has 0 aromatic carbocycles. The maximum Gasteiger partial charge on any atom is 0.136 e. The van der Waals surface area contributed by atoms with Gasteiger partial charge in [0, 0.05) is 33.6 Å². The van der Waals surface area contributed by atoms with Gasteiger partial charge in [-0.1, -0.05) is 20.3 Å². The second kappa shape index (κ2) is 4.99. The first-order valence-corrected chi connectivity index (χ1v) is 7.77. The lowest BCUT2D eigenvalue weighted by Gasteiger charge is -2.37. The van der Waals surface area contributed by atoms with Crippen LogP contribution in [-0.2, 0) is 15.6 Å². The SMILES string of the molecule is CC(C)CC(=O)C1CC2CCCC(C1)S2=O. The molecule has 0 aliphatic carbocycles. The van der Waals surface area contributed by atoms with Crippen LogP contribution in [0.3, 0.4) is 0 Å². The molecule has 2 nitrogen and oxygen atoms in total. The summed E-state index contributed by atoms with van der Waals surface area (Å²) in [7, 11) is -0.638. The van der Waals surface area contributed by atoms with Crippen LogP contribution in [0.2, 0.25) is 0 Å². The topological polar surface area (TPSA) is 34.1 Å². The van der Waals surface area contributed by atoms with Crippen molar-refractivity contribution < 1.29 is 9.00 Å². The summed E-state index contributed by atoms with van der Waals surface area (Å²) in [6.45, 7) is 4.19. The highest BCUT2D eigenvalue weighted by molar-refractivity contribution is 7.86. The van der Waals surface area contributed by atoms with E-state index in [1.54, 1.807) is 0 Å². The van der Waals surface area contributed by atoms with E-state index in [0.29, 0.717) is 28.6 Å². The molecule has 0 amide bonds. The van der Waals surface area contributed by atoms with E-state index in [2.05, 4.69) is 13.8 Å². The Morgan fingerprint density at radius 1 is 1.25 bits per heavy atom. The van der Waals surface area contributed by atoms with Crippen molar-refractivity contribution in [2.45, 2.75) is 62.9 Å². The molecular weight excluding hydrogens is 220 g/mol. The highest BCUT2D eigenvalue weighted by Crippen LogP contribution is 2.37. The van der Waals surface area contributed by atoms with Crippen LogP contribution in [0.4, 0.5) is 0 Å². The smallest absolute Gasteiger partial charge is 0.136 e. The third-order valence-electron chi connectivity index (χ3n) is 3.87. The van der Waals surface area contributed by atoms with Crippen LogP contribution in [0.1, 0.15) is 52.4 Å². The molecule has 0 aromatic heterocycles. The second-order valence-electron chi connectivity index (χ2n) is 5.74. The van der Waals surface area contributed by atoms with Crippen LogP contribution in [-0.4, -0.2) is 20.5 Å². The molecule has 0 aromatic rings. The van der Waals surface area contributed by atoms with E-state index < -0.39 is 10.8 Å². The third kappa shape index (κ3) is 2.55. The minimum absolute atomic E-state index is 0.218. The summed E-state index contributed by atoms with van der Waals surface area (Å²) in [5, 5.41) is 0.655. The van der Waals surface area contributed by atoms with Gasteiger partial charge >= 0.3 is 0 Å². The molecule has 2 unspecified atom stereocenters. The van der Waals surface area contributed by atoms with Gasteiger partial charge in [-0.25, -0.2) is 0 Å². The zero-order valence-corrected chi connectivity index (χ0v) is 11.1. The molecule has 16 heavy (non-hydrogen) atoms. The summed E-state index contributed by atoms with van der Waals surface area (Å²) in [6.07, 6.45) is 5.87. The van der Waals surface area contributed by atoms with Gasteiger partial charge in [-0.2, -0.15) is 0 Å². The summed E-state index contributed by atoms with van der Waals surface area (Å²) in [6, 6.07) is 0. The quantitative estimate of drug-likeness (QED) is 0.762. The third-order valence-corrected chi connectivity index (χ3v) is 6.04. The zero-order valence-electron chi connectivity index (χ0n) is 10.3. The Hall–Kier alpha value is -0.180. The van der Waals surface area contributed by atoms with Gasteiger partial charge in [0.2, 0.25) is 0 Å². The number of carbonyl (C=O) groups excluding carboxylic acids is 1. The Labute approximate surface area is 101 Å². The summed E-state index contributed by atoms with van der Waals surface area (Å²) in [5.74, 6) is 1.10. The Morgan fingerprint density at radius 2 is 1.81 bits per heavy atom. The number of fused-ring (bicyclic) bond motifs is 2. The monoisotopic (exact) mass is 242 g/mol. The Balaban J connectivity index is 1.99. The lowest BCUT2D eigenvalue weighted by Crippen LogP contribution is -2.41. The number of ketones is 1. The van der Waals surface area contributed by atoms with E-state index in [9.17, 15) is 9.00 Å². The Morgan fingerprint density at radius 3 is 2.31 bits per heavy atom. The average molecular weight is 242 g/mol. The maximum atomic E-state index is 12.0. The van der Waals surface area contributed by atoms with Crippen LogP contribution in [0, 0.1) is 11.8 Å². The van der Waals surface area contributed by atoms with Crippen molar-refractivity contribution >= 4 is 16.6 Å². The molecule has 2 atom stereocenters. The minimum Gasteiger partial charge on any atom is -0.299 e. The molecule has 2 rings (SSSR count). The molecule has 0 N–H and O–H groups in total. The van der Waals surface area contributed by atoms with E-state index in [-0.39, 0.29) is 5.92 Å². The zero-order chi connectivity index (χ0) is 11.7. The molecule has 2 aliphatic heterocycles. The lowest BCUT2D eigenvalue weighted by atomic mass is 9.84. The molecule has 92 valence electrons. The van der Waals surface area contributed by atoms with Crippen molar-refractivity contribution in [3.63, 3.8) is 0 Å². The van der Waals surface area contributed by atoms with E-state index in [1.165, 1.54) is 6.42 Å². The standard InChI is InChI=1S/C13H22O2S/c1-9(2)6-13(14)10-7-11-4-3-5-12(8-10)16(11)15/h9-12H,3-8H2,1-2H3. The van der Waals surface area contributed by atoms with E-state index in [0.717, 1.165) is 25.7 Å². The average Bonchev–Trinajstić information content (AvgIpc) is 2.15. The first-order valence-electron chi connectivity index (χ1n) is 6.50. The number of hydrogen-bond donors (Lipinski definition) is 0. The lowest BCUT2D eigenvalue weighted by molar-refractivity contribution is -0.124. The fourth-order valence-electron chi connectivity index (χ4n) is 3.07. The van der Waals surface area contributed by atoms with Crippen molar-refractivity contribution in [1.82, 2.24) is 0 Å². The highest BCUT2D eigenvalue weighted by Gasteiger charge is 2.40. The van der Waals surface area contributed by atoms with Crippen LogP contribution in [0.25, 0.3) is 0 Å². The minimum atomic E-state index is -0.638. The van der Waals surface area contributed by atoms with Crippen molar-refractivity contribution in [2.24, 2.45) is 11.8 Å². The molecule has 2 heterocycles. The van der Waals surface area contributed by atoms with Gasteiger partial charge in [0.25, 0.3) is 0 Å². The van der Waals surface area contributed by atoms with Gasteiger partial charge in [0.15, 0.2) is 0 Å². The Kier molecular flexibility index (Phi) is 3.83. The largest absolute Gasteiger partial charge is 0.299 e. The normalized spacial score (nSPS) is 38.7.